The minimum Gasteiger partial charge on any atom is -0.493 e. The van der Waals surface area contributed by atoms with Gasteiger partial charge in [-0.15, -0.1) is 0 Å². The molecule has 2 N–H and O–H groups in total. The Kier molecular flexibility index (Phi) is 6.43. The number of allylic oxidation sites excluding steroid dienone is 3. The molecule has 0 aromatic heterocycles. The molecule has 6 nitrogen and oxygen atoms in total. The summed E-state index contributed by atoms with van der Waals surface area (Å²) < 4.78 is 25.6. The van der Waals surface area contributed by atoms with Crippen LogP contribution in [0.3, 0.4) is 0 Å². The van der Waals surface area contributed by atoms with Gasteiger partial charge < -0.3 is 20.1 Å². The largest absolute Gasteiger partial charge is 0.493 e. The number of nitriles is 1. The minimum absolute atomic E-state index is 0.0230. The van der Waals surface area contributed by atoms with E-state index < -0.39 is 5.92 Å². The van der Waals surface area contributed by atoms with Crippen LogP contribution in [0.15, 0.2) is 63.5 Å². The van der Waals surface area contributed by atoms with Crippen LogP contribution in [0.2, 0.25) is 0 Å². The molecular formula is C25H23BrFN3O3. The van der Waals surface area contributed by atoms with Crippen LogP contribution in [0.5, 0.6) is 11.5 Å². The van der Waals surface area contributed by atoms with Crippen LogP contribution in [-0.2, 0) is 11.4 Å². The second-order valence-electron chi connectivity index (χ2n) is 7.99. The Morgan fingerprint density at radius 2 is 2.09 bits per heavy atom. The second kappa shape index (κ2) is 9.28. The van der Waals surface area contributed by atoms with Crippen LogP contribution in [-0.4, -0.2) is 24.8 Å². The molecule has 0 amide bonds. The van der Waals surface area contributed by atoms with E-state index in [-0.39, 0.29) is 18.2 Å². The van der Waals surface area contributed by atoms with Crippen molar-refractivity contribution in [3.63, 3.8) is 0 Å². The monoisotopic (exact) mass is 511 g/mol. The van der Waals surface area contributed by atoms with Gasteiger partial charge in [0, 0.05) is 24.7 Å². The van der Waals surface area contributed by atoms with Crippen LogP contribution in [0, 0.1) is 17.1 Å². The number of carbonyl (C=O) groups excluding carboxylic acids is 1. The molecule has 0 radical (unpaired) electrons. The Morgan fingerprint density at radius 3 is 2.79 bits per heavy atom. The summed E-state index contributed by atoms with van der Waals surface area (Å²) in [4.78, 5) is 14.7. The number of ether oxygens (including phenoxy) is 2. The molecule has 2 aromatic carbocycles. The second-order valence-corrected chi connectivity index (χ2v) is 8.85. The summed E-state index contributed by atoms with van der Waals surface area (Å²) in [6.45, 7) is 0.143. The number of methoxy groups -OCH3 is 1. The average Bonchev–Trinajstić information content (AvgIpc) is 2.80. The van der Waals surface area contributed by atoms with E-state index >= 15 is 0 Å². The van der Waals surface area contributed by atoms with E-state index in [1.54, 1.807) is 30.1 Å². The van der Waals surface area contributed by atoms with E-state index in [0.717, 1.165) is 18.5 Å². The molecule has 8 heteroatoms. The molecule has 170 valence electrons. The lowest BCUT2D eigenvalue weighted by molar-refractivity contribution is -0.116. The maximum atomic E-state index is 13.5. The molecular weight excluding hydrogens is 489 g/mol. The van der Waals surface area contributed by atoms with Crippen LogP contribution < -0.4 is 15.2 Å². The van der Waals surface area contributed by atoms with Crippen molar-refractivity contribution in [2.75, 3.05) is 14.2 Å². The van der Waals surface area contributed by atoms with Gasteiger partial charge in [0.15, 0.2) is 17.3 Å². The quantitative estimate of drug-likeness (QED) is 0.613. The van der Waals surface area contributed by atoms with Gasteiger partial charge in [0.25, 0.3) is 0 Å². The number of rotatable bonds is 5. The van der Waals surface area contributed by atoms with Crippen molar-refractivity contribution in [3.05, 3.63) is 80.5 Å². The van der Waals surface area contributed by atoms with Crippen LogP contribution in [0.4, 0.5) is 4.39 Å². The third-order valence-corrected chi connectivity index (χ3v) is 6.62. The predicted molar refractivity (Wildman–Crippen MR) is 125 cm³/mol. The SMILES string of the molecule is COc1cc([C@@H]2C(C#N)=C(N)N(C)C3=C2C(=O)CCC3)cc(Br)c1OCc1cccc(F)c1. The van der Waals surface area contributed by atoms with Gasteiger partial charge in [-0.05, 0) is 64.2 Å². The van der Waals surface area contributed by atoms with E-state index in [1.165, 1.54) is 19.2 Å². The third-order valence-electron chi connectivity index (χ3n) is 6.03. The number of ketones is 1. The molecule has 1 aliphatic heterocycles. The van der Waals surface area contributed by atoms with E-state index in [2.05, 4.69) is 22.0 Å². The number of Topliss-reactive ketones (excluding diaryl/α,β-unsaturated/α-hetero) is 1. The Bertz CT molecular complexity index is 1230. The van der Waals surface area contributed by atoms with Crippen molar-refractivity contribution in [1.29, 1.82) is 5.26 Å². The summed E-state index contributed by atoms with van der Waals surface area (Å²) >= 11 is 3.54. The van der Waals surface area contributed by atoms with E-state index in [4.69, 9.17) is 15.2 Å². The zero-order valence-corrected chi connectivity index (χ0v) is 19.9. The Labute approximate surface area is 200 Å². The van der Waals surface area contributed by atoms with Crippen molar-refractivity contribution >= 4 is 21.7 Å². The zero-order chi connectivity index (χ0) is 23.7. The zero-order valence-electron chi connectivity index (χ0n) is 18.3. The summed E-state index contributed by atoms with van der Waals surface area (Å²) in [5.74, 6) is 0.312. The minimum atomic E-state index is -0.587. The highest BCUT2D eigenvalue weighted by Gasteiger charge is 2.39. The van der Waals surface area contributed by atoms with Gasteiger partial charge in [0.2, 0.25) is 0 Å². The number of hydrogen-bond acceptors (Lipinski definition) is 6. The summed E-state index contributed by atoms with van der Waals surface area (Å²) in [5.41, 5.74) is 9.48. The molecule has 2 aliphatic rings. The molecule has 2 aromatic rings. The molecule has 0 bridgehead atoms. The molecule has 4 rings (SSSR count). The maximum absolute atomic E-state index is 13.5. The number of nitrogens with two attached hydrogens (primary N) is 1. The van der Waals surface area contributed by atoms with Crippen molar-refractivity contribution in [3.8, 4) is 17.6 Å². The average molecular weight is 512 g/mol. The Balaban J connectivity index is 1.76. The lowest BCUT2D eigenvalue weighted by atomic mass is 9.76. The molecule has 1 heterocycles. The van der Waals surface area contributed by atoms with Crippen molar-refractivity contribution in [2.45, 2.75) is 31.8 Å². The van der Waals surface area contributed by atoms with Crippen molar-refractivity contribution < 1.29 is 18.7 Å². The van der Waals surface area contributed by atoms with Crippen LogP contribution >= 0.6 is 15.9 Å². The first kappa shape index (κ1) is 22.9. The van der Waals surface area contributed by atoms with Gasteiger partial charge in [0.1, 0.15) is 18.2 Å². The number of halogens is 2. The first-order valence-corrected chi connectivity index (χ1v) is 11.3. The summed E-state index contributed by atoms with van der Waals surface area (Å²) in [5, 5.41) is 9.92. The molecule has 1 aliphatic carbocycles. The predicted octanol–water partition coefficient (Wildman–Crippen LogP) is 4.91. The fourth-order valence-electron chi connectivity index (χ4n) is 4.42. The van der Waals surface area contributed by atoms with Gasteiger partial charge >= 0.3 is 0 Å². The summed E-state index contributed by atoms with van der Waals surface area (Å²) in [6, 6.07) is 12.0. The number of carbonyl (C=O) groups is 1. The molecule has 0 saturated heterocycles. The Hall–Kier alpha value is -3.31. The number of hydrogen-bond donors (Lipinski definition) is 1. The molecule has 1 atom stereocenters. The van der Waals surface area contributed by atoms with E-state index in [9.17, 15) is 14.4 Å². The van der Waals surface area contributed by atoms with Gasteiger partial charge in [-0.25, -0.2) is 4.39 Å². The van der Waals surface area contributed by atoms with Crippen molar-refractivity contribution in [1.82, 2.24) is 4.90 Å². The highest BCUT2D eigenvalue weighted by molar-refractivity contribution is 9.10. The molecule has 0 fully saturated rings. The number of benzene rings is 2. The normalized spacial score (nSPS) is 18.2. The van der Waals surface area contributed by atoms with Gasteiger partial charge in [0.05, 0.1) is 29.1 Å². The van der Waals surface area contributed by atoms with Crippen molar-refractivity contribution in [2.24, 2.45) is 5.73 Å². The molecule has 33 heavy (non-hydrogen) atoms. The molecule has 0 spiro atoms. The fraction of sp³-hybridized carbons (Fsp3) is 0.280. The first-order chi connectivity index (χ1) is 15.8. The smallest absolute Gasteiger partial charge is 0.175 e. The topological polar surface area (TPSA) is 88.6 Å². The molecule has 0 unspecified atom stereocenters. The van der Waals surface area contributed by atoms with Gasteiger partial charge in [-0.2, -0.15) is 5.26 Å². The molecule has 0 saturated carbocycles. The summed E-state index contributed by atoms with van der Waals surface area (Å²) in [7, 11) is 3.30. The lowest BCUT2D eigenvalue weighted by Gasteiger charge is -2.37. The summed E-state index contributed by atoms with van der Waals surface area (Å²) in [6.07, 6.45) is 1.92. The standard InChI is InChI=1S/C25H23BrFN3O3/c1-30-19-7-4-8-20(31)23(19)22(17(12-28)25(30)29)15-10-18(26)24(21(11-15)32-2)33-13-14-5-3-6-16(27)9-14/h3,5-6,9-11,22H,4,7-8,13,29H2,1-2H3/t22-/m1/s1. The van der Waals surface area contributed by atoms with E-state index in [0.29, 0.717) is 50.5 Å². The highest BCUT2D eigenvalue weighted by atomic mass is 79.9. The van der Waals surface area contributed by atoms with Gasteiger partial charge in [-0.3, -0.25) is 4.79 Å². The Morgan fingerprint density at radius 1 is 1.30 bits per heavy atom. The number of nitrogens with zero attached hydrogens (tertiary/aromatic N) is 2. The van der Waals surface area contributed by atoms with Crippen LogP contribution in [0.1, 0.15) is 36.3 Å². The maximum Gasteiger partial charge on any atom is 0.175 e. The van der Waals surface area contributed by atoms with Gasteiger partial charge in [-0.1, -0.05) is 12.1 Å². The highest BCUT2D eigenvalue weighted by Crippen LogP contribution is 2.47. The third kappa shape index (κ3) is 4.21. The van der Waals surface area contributed by atoms with Crippen LogP contribution in [0.25, 0.3) is 0 Å². The fourth-order valence-corrected chi connectivity index (χ4v) is 5.00. The first-order valence-electron chi connectivity index (χ1n) is 10.5. The van der Waals surface area contributed by atoms with E-state index in [1.807, 2.05) is 6.07 Å². The lowest BCUT2D eigenvalue weighted by Crippen LogP contribution is -2.36.